The van der Waals surface area contributed by atoms with Crippen LogP contribution in [0.3, 0.4) is 0 Å². The second-order valence-corrected chi connectivity index (χ2v) is 10.2. The molecule has 1 saturated carbocycles. The highest BCUT2D eigenvalue weighted by molar-refractivity contribution is 5.81. The molecule has 184 valence electrons. The van der Waals surface area contributed by atoms with Gasteiger partial charge in [-0.05, 0) is 55.9 Å². The Labute approximate surface area is 202 Å². The molecule has 1 aromatic rings. The SMILES string of the molecule is CCCCCCCC1CCC(CC(C)(C#N)C(=O)Oc2ccc(OCCCCC)cc2)CC1. The number of nitrogens with zero attached hydrogens (tertiary/aromatic N) is 1. The first-order valence-electron chi connectivity index (χ1n) is 13.4. The standard InChI is InChI=1S/C29H45NO3/c1-4-6-8-9-10-12-24-13-15-25(16-14-24)22-29(3,23-30)28(31)33-27-19-17-26(18-20-27)32-21-11-7-5-2/h17-20,24-25H,4-16,21-22H2,1-3H3. The summed E-state index contributed by atoms with van der Waals surface area (Å²) in [5, 5.41) is 9.82. The van der Waals surface area contributed by atoms with Gasteiger partial charge in [0.05, 0.1) is 12.7 Å². The third-order valence-electron chi connectivity index (χ3n) is 7.13. The van der Waals surface area contributed by atoms with Gasteiger partial charge in [-0.3, -0.25) is 0 Å². The average molecular weight is 456 g/mol. The number of carbonyl (C=O) groups excluding carboxylic acids is 1. The zero-order chi connectivity index (χ0) is 23.9. The Morgan fingerprint density at radius 3 is 2.12 bits per heavy atom. The van der Waals surface area contributed by atoms with E-state index in [9.17, 15) is 10.1 Å². The van der Waals surface area contributed by atoms with Gasteiger partial charge in [0.25, 0.3) is 0 Å². The number of hydrogen-bond donors (Lipinski definition) is 0. The van der Waals surface area contributed by atoms with Crippen molar-refractivity contribution >= 4 is 5.97 Å². The van der Waals surface area contributed by atoms with Crippen LogP contribution in [-0.4, -0.2) is 12.6 Å². The van der Waals surface area contributed by atoms with E-state index in [4.69, 9.17) is 9.47 Å². The Kier molecular flexibility index (Phi) is 12.4. The number of nitriles is 1. The fourth-order valence-corrected chi connectivity index (χ4v) is 4.88. The molecule has 1 atom stereocenters. The molecule has 0 amide bonds. The lowest BCUT2D eigenvalue weighted by Crippen LogP contribution is -2.33. The lowest BCUT2D eigenvalue weighted by molar-refractivity contribution is -0.142. The Balaban J connectivity index is 1.76. The van der Waals surface area contributed by atoms with Crippen LogP contribution >= 0.6 is 0 Å². The molecule has 4 heteroatoms. The highest BCUT2D eigenvalue weighted by atomic mass is 16.5. The van der Waals surface area contributed by atoms with Gasteiger partial charge in [-0.1, -0.05) is 90.9 Å². The van der Waals surface area contributed by atoms with E-state index >= 15 is 0 Å². The maximum Gasteiger partial charge on any atom is 0.331 e. The van der Waals surface area contributed by atoms with Gasteiger partial charge in [-0.15, -0.1) is 0 Å². The Hall–Kier alpha value is -2.02. The topological polar surface area (TPSA) is 59.3 Å². The van der Waals surface area contributed by atoms with Gasteiger partial charge in [-0.25, -0.2) is 4.79 Å². The van der Waals surface area contributed by atoms with Crippen LogP contribution in [0.1, 0.15) is 111 Å². The molecule has 2 rings (SSSR count). The predicted molar refractivity (Wildman–Crippen MR) is 134 cm³/mol. The molecule has 0 aromatic heterocycles. The van der Waals surface area contributed by atoms with E-state index in [0.717, 1.165) is 43.8 Å². The second-order valence-electron chi connectivity index (χ2n) is 10.2. The van der Waals surface area contributed by atoms with Crippen LogP contribution in [0, 0.1) is 28.6 Å². The van der Waals surface area contributed by atoms with Crippen molar-refractivity contribution in [1.29, 1.82) is 5.26 Å². The summed E-state index contributed by atoms with van der Waals surface area (Å²) in [6, 6.07) is 9.40. The molecule has 0 heterocycles. The van der Waals surface area contributed by atoms with Crippen LogP contribution in [0.25, 0.3) is 0 Å². The van der Waals surface area contributed by atoms with Crippen molar-refractivity contribution in [2.45, 2.75) is 111 Å². The molecule has 1 fully saturated rings. The van der Waals surface area contributed by atoms with E-state index in [1.165, 1.54) is 51.4 Å². The molecule has 0 radical (unpaired) electrons. The van der Waals surface area contributed by atoms with Crippen LogP contribution in [0.2, 0.25) is 0 Å². The number of ether oxygens (including phenoxy) is 2. The maximum atomic E-state index is 12.9. The van der Waals surface area contributed by atoms with Crippen LogP contribution < -0.4 is 9.47 Å². The van der Waals surface area contributed by atoms with Gasteiger partial charge in [-0.2, -0.15) is 5.26 Å². The lowest BCUT2D eigenvalue weighted by Gasteiger charge is -2.32. The lowest BCUT2D eigenvalue weighted by atomic mass is 9.72. The first kappa shape index (κ1) is 27.2. The zero-order valence-corrected chi connectivity index (χ0v) is 21.2. The molecular formula is C29H45NO3. The third-order valence-corrected chi connectivity index (χ3v) is 7.13. The second kappa shape index (κ2) is 15.0. The van der Waals surface area contributed by atoms with Crippen molar-refractivity contribution < 1.29 is 14.3 Å². The Morgan fingerprint density at radius 1 is 0.909 bits per heavy atom. The highest BCUT2D eigenvalue weighted by Gasteiger charge is 2.39. The summed E-state index contributed by atoms with van der Waals surface area (Å²) < 4.78 is 11.3. The molecule has 0 saturated heterocycles. The summed E-state index contributed by atoms with van der Waals surface area (Å²) >= 11 is 0. The molecule has 0 aliphatic heterocycles. The number of benzene rings is 1. The van der Waals surface area contributed by atoms with E-state index < -0.39 is 11.4 Å². The van der Waals surface area contributed by atoms with Gasteiger partial charge in [0, 0.05) is 0 Å². The minimum Gasteiger partial charge on any atom is -0.494 e. The Bertz CT molecular complexity index is 715. The Morgan fingerprint density at radius 2 is 1.48 bits per heavy atom. The largest absolute Gasteiger partial charge is 0.494 e. The first-order chi connectivity index (χ1) is 16.0. The van der Waals surface area contributed by atoms with E-state index in [1.807, 2.05) is 12.1 Å². The van der Waals surface area contributed by atoms with Crippen LogP contribution in [-0.2, 0) is 4.79 Å². The summed E-state index contributed by atoms with van der Waals surface area (Å²) in [7, 11) is 0. The van der Waals surface area contributed by atoms with Gasteiger partial charge in [0.15, 0.2) is 5.41 Å². The number of rotatable bonds is 15. The van der Waals surface area contributed by atoms with Crippen LogP contribution in [0.4, 0.5) is 0 Å². The van der Waals surface area contributed by atoms with E-state index in [-0.39, 0.29) is 0 Å². The fourth-order valence-electron chi connectivity index (χ4n) is 4.88. The first-order valence-corrected chi connectivity index (χ1v) is 13.4. The van der Waals surface area contributed by atoms with Crippen molar-refractivity contribution in [3.63, 3.8) is 0 Å². The van der Waals surface area contributed by atoms with Crippen molar-refractivity contribution in [3.8, 4) is 17.6 Å². The normalized spacial score (nSPS) is 19.9. The summed E-state index contributed by atoms with van der Waals surface area (Å²) in [5.41, 5.74) is -1.10. The van der Waals surface area contributed by atoms with Gasteiger partial charge in [0.2, 0.25) is 0 Å². The van der Waals surface area contributed by atoms with Crippen LogP contribution in [0.5, 0.6) is 11.5 Å². The molecule has 33 heavy (non-hydrogen) atoms. The smallest absolute Gasteiger partial charge is 0.331 e. The number of carbonyl (C=O) groups is 1. The average Bonchev–Trinajstić information content (AvgIpc) is 2.83. The number of hydrogen-bond acceptors (Lipinski definition) is 4. The van der Waals surface area contributed by atoms with E-state index in [0.29, 0.717) is 24.7 Å². The third kappa shape index (κ3) is 9.78. The molecule has 1 aliphatic carbocycles. The molecular weight excluding hydrogens is 410 g/mol. The van der Waals surface area contributed by atoms with Crippen molar-refractivity contribution in [1.82, 2.24) is 0 Å². The zero-order valence-electron chi connectivity index (χ0n) is 21.2. The number of esters is 1. The quantitative estimate of drug-likeness (QED) is 0.152. The van der Waals surface area contributed by atoms with Crippen molar-refractivity contribution in [2.24, 2.45) is 17.3 Å². The molecule has 1 aliphatic rings. The van der Waals surface area contributed by atoms with Gasteiger partial charge < -0.3 is 9.47 Å². The van der Waals surface area contributed by atoms with E-state index in [2.05, 4.69) is 19.9 Å². The number of unbranched alkanes of at least 4 members (excludes halogenated alkanes) is 6. The van der Waals surface area contributed by atoms with Crippen molar-refractivity contribution in [2.75, 3.05) is 6.61 Å². The summed E-state index contributed by atoms with van der Waals surface area (Å²) in [6.45, 7) is 6.85. The maximum absolute atomic E-state index is 12.9. The molecule has 0 N–H and O–H groups in total. The van der Waals surface area contributed by atoms with Crippen LogP contribution in [0.15, 0.2) is 24.3 Å². The summed E-state index contributed by atoms with van der Waals surface area (Å²) in [4.78, 5) is 12.9. The molecule has 1 unspecified atom stereocenters. The fraction of sp³-hybridized carbons (Fsp3) is 0.724. The molecule has 0 bridgehead atoms. The van der Waals surface area contributed by atoms with Gasteiger partial charge in [0.1, 0.15) is 11.5 Å². The van der Waals surface area contributed by atoms with Gasteiger partial charge >= 0.3 is 5.97 Å². The summed E-state index contributed by atoms with van der Waals surface area (Å²) in [5.74, 6) is 2.05. The molecule has 1 aromatic carbocycles. The predicted octanol–water partition coefficient (Wildman–Crippen LogP) is 8.25. The highest BCUT2D eigenvalue weighted by Crippen LogP contribution is 2.39. The minimum absolute atomic E-state index is 0.428. The van der Waals surface area contributed by atoms with E-state index in [1.54, 1.807) is 19.1 Å². The minimum atomic E-state index is -1.10. The van der Waals surface area contributed by atoms with Crippen molar-refractivity contribution in [3.05, 3.63) is 24.3 Å². The molecule has 4 nitrogen and oxygen atoms in total. The molecule has 0 spiro atoms. The monoisotopic (exact) mass is 455 g/mol. The summed E-state index contributed by atoms with van der Waals surface area (Å²) in [6.07, 6.45) is 16.7.